The lowest BCUT2D eigenvalue weighted by molar-refractivity contribution is -0.128. The van der Waals surface area contributed by atoms with Crippen LogP contribution in [0.5, 0.6) is 5.75 Å². The number of benzene rings is 2. The van der Waals surface area contributed by atoms with E-state index in [2.05, 4.69) is 30.4 Å². The maximum atomic E-state index is 12.6. The first-order valence-electron chi connectivity index (χ1n) is 8.81. The van der Waals surface area contributed by atoms with E-state index in [1.807, 2.05) is 37.3 Å². The molecule has 0 aromatic heterocycles. The van der Waals surface area contributed by atoms with Gasteiger partial charge in [0.1, 0.15) is 5.75 Å². The van der Waals surface area contributed by atoms with Crippen molar-refractivity contribution in [2.75, 3.05) is 0 Å². The molecule has 0 radical (unpaired) electrons. The number of carbonyl (C=O) groups is 1. The molecule has 0 spiro atoms. The van der Waals surface area contributed by atoms with Gasteiger partial charge in [-0.05, 0) is 55.4 Å². The van der Waals surface area contributed by atoms with Crippen molar-refractivity contribution in [3.8, 4) is 5.75 Å². The average molecular weight is 323 g/mol. The number of rotatable bonds is 5. The van der Waals surface area contributed by atoms with Crippen LogP contribution in [0, 0.1) is 0 Å². The molecule has 3 rings (SSSR count). The van der Waals surface area contributed by atoms with Crippen LogP contribution in [0.2, 0.25) is 0 Å². The Morgan fingerprint density at radius 2 is 1.96 bits per heavy atom. The summed E-state index contributed by atoms with van der Waals surface area (Å²) in [4.78, 5) is 12.6. The fraction of sp³-hybridized carbons (Fsp3) is 0.381. The summed E-state index contributed by atoms with van der Waals surface area (Å²) in [7, 11) is 0. The summed E-state index contributed by atoms with van der Waals surface area (Å²) in [5.41, 5.74) is 3.72. The van der Waals surface area contributed by atoms with Crippen molar-refractivity contribution in [1.29, 1.82) is 0 Å². The monoisotopic (exact) mass is 323 g/mol. The molecule has 1 N–H and O–H groups in total. The predicted molar refractivity (Wildman–Crippen MR) is 96.2 cm³/mol. The molecular weight excluding hydrogens is 298 g/mol. The van der Waals surface area contributed by atoms with Crippen LogP contribution in [0.1, 0.15) is 49.4 Å². The molecule has 1 aliphatic carbocycles. The average Bonchev–Trinajstić information content (AvgIpc) is 2.62. The van der Waals surface area contributed by atoms with Crippen molar-refractivity contribution >= 4 is 5.91 Å². The normalized spacial score (nSPS) is 17.7. The second kappa shape index (κ2) is 7.52. The standard InChI is InChI=1S/C21H25NO2/c1-3-16-9-5-7-14-20(16)24-15(2)21(23)22-19-13-8-11-17-10-4-6-12-18(17)19/h4-7,9-10,12,14-15,19H,3,8,11,13H2,1-2H3,(H,22,23). The molecule has 2 aromatic rings. The van der Waals surface area contributed by atoms with Gasteiger partial charge in [-0.1, -0.05) is 49.4 Å². The minimum absolute atomic E-state index is 0.0531. The van der Waals surface area contributed by atoms with Gasteiger partial charge in [-0.3, -0.25) is 4.79 Å². The number of hydrogen-bond acceptors (Lipinski definition) is 2. The van der Waals surface area contributed by atoms with Gasteiger partial charge in [-0.15, -0.1) is 0 Å². The molecule has 126 valence electrons. The van der Waals surface area contributed by atoms with E-state index in [0.29, 0.717) is 0 Å². The van der Waals surface area contributed by atoms with Gasteiger partial charge in [0.05, 0.1) is 6.04 Å². The maximum Gasteiger partial charge on any atom is 0.261 e. The van der Waals surface area contributed by atoms with E-state index in [4.69, 9.17) is 4.74 Å². The molecule has 1 amide bonds. The Morgan fingerprint density at radius 3 is 2.79 bits per heavy atom. The summed E-state index contributed by atoms with van der Waals surface area (Å²) < 4.78 is 5.92. The van der Waals surface area contributed by atoms with E-state index < -0.39 is 6.10 Å². The van der Waals surface area contributed by atoms with Gasteiger partial charge in [0, 0.05) is 0 Å². The Labute approximate surface area is 144 Å². The van der Waals surface area contributed by atoms with E-state index >= 15 is 0 Å². The lowest BCUT2D eigenvalue weighted by atomic mass is 9.87. The first-order chi connectivity index (χ1) is 11.7. The fourth-order valence-electron chi connectivity index (χ4n) is 3.35. The summed E-state index contributed by atoms with van der Waals surface area (Å²) in [5, 5.41) is 3.17. The van der Waals surface area contributed by atoms with Crippen molar-refractivity contribution in [2.45, 2.75) is 51.7 Å². The molecule has 3 heteroatoms. The number of carbonyl (C=O) groups excluding carboxylic acids is 1. The van der Waals surface area contributed by atoms with Gasteiger partial charge < -0.3 is 10.1 Å². The van der Waals surface area contributed by atoms with Gasteiger partial charge in [0.25, 0.3) is 5.91 Å². The molecule has 0 heterocycles. The van der Waals surface area contributed by atoms with Gasteiger partial charge in [-0.2, -0.15) is 0 Å². The van der Waals surface area contributed by atoms with Gasteiger partial charge >= 0.3 is 0 Å². The molecule has 0 saturated carbocycles. The van der Waals surface area contributed by atoms with Crippen molar-refractivity contribution in [3.63, 3.8) is 0 Å². The highest BCUT2D eigenvalue weighted by atomic mass is 16.5. The van der Waals surface area contributed by atoms with Crippen LogP contribution in [0.3, 0.4) is 0 Å². The Balaban J connectivity index is 1.67. The Hall–Kier alpha value is -2.29. The van der Waals surface area contributed by atoms with Crippen LogP contribution in [0.25, 0.3) is 0 Å². The summed E-state index contributed by atoms with van der Waals surface area (Å²) in [5.74, 6) is 0.745. The lowest BCUT2D eigenvalue weighted by Gasteiger charge is -2.27. The highest BCUT2D eigenvalue weighted by molar-refractivity contribution is 5.81. The molecule has 0 aliphatic heterocycles. The smallest absolute Gasteiger partial charge is 0.261 e. The fourth-order valence-corrected chi connectivity index (χ4v) is 3.35. The first kappa shape index (κ1) is 16.6. The molecule has 3 nitrogen and oxygen atoms in total. The minimum Gasteiger partial charge on any atom is -0.481 e. The van der Waals surface area contributed by atoms with Crippen LogP contribution < -0.4 is 10.1 Å². The van der Waals surface area contributed by atoms with Crippen LogP contribution in [-0.2, 0) is 17.6 Å². The number of hydrogen-bond donors (Lipinski definition) is 1. The number of aryl methyl sites for hydroxylation is 2. The molecular formula is C21H25NO2. The van der Waals surface area contributed by atoms with Gasteiger partial charge in [-0.25, -0.2) is 0 Å². The zero-order chi connectivity index (χ0) is 16.9. The van der Waals surface area contributed by atoms with E-state index in [-0.39, 0.29) is 11.9 Å². The van der Waals surface area contributed by atoms with Gasteiger partial charge in [0.2, 0.25) is 0 Å². The van der Waals surface area contributed by atoms with Crippen LogP contribution in [-0.4, -0.2) is 12.0 Å². The first-order valence-corrected chi connectivity index (χ1v) is 8.81. The Morgan fingerprint density at radius 1 is 1.21 bits per heavy atom. The number of nitrogens with one attached hydrogen (secondary N) is 1. The molecule has 2 unspecified atom stereocenters. The molecule has 2 aromatic carbocycles. The molecule has 1 aliphatic rings. The zero-order valence-electron chi connectivity index (χ0n) is 14.4. The van der Waals surface area contributed by atoms with E-state index in [9.17, 15) is 4.79 Å². The molecule has 24 heavy (non-hydrogen) atoms. The van der Waals surface area contributed by atoms with Gasteiger partial charge in [0.15, 0.2) is 6.10 Å². The molecule has 0 saturated heterocycles. The highest BCUT2D eigenvalue weighted by Gasteiger charge is 2.24. The van der Waals surface area contributed by atoms with Crippen molar-refractivity contribution in [1.82, 2.24) is 5.32 Å². The zero-order valence-corrected chi connectivity index (χ0v) is 14.4. The number of fused-ring (bicyclic) bond motifs is 1. The van der Waals surface area contributed by atoms with Crippen LogP contribution >= 0.6 is 0 Å². The molecule has 0 bridgehead atoms. The third-order valence-corrected chi connectivity index (χ3v) is 4.71. The van der Waals surface area contributed by atoms with E-state index in [1.165, 1.54) is 11.1 Å². The number of para-hydroxylation sites is 1. The largest absolute Gasteiger partial charge is 0.481 e. The summed E-state index contributed by atoms with van der Waals surface area (Å²) >= 11 is 0. The minimum atomic E-state index is -0.508. The Kier molecular flexibility index (Phi) is 5.19. The highest BCUT2D eigenvalue weighted by Crippen LogP contribution is 2.29. The second-order valence-corrected chi connectivity index (χ2v) is 6.37. The summed E-state index contributed by atoms with van der Waals surface area (Å²) in [6, 6.07) is 16.4. The van der Waals surface area contributed by atoms with Crippen LogP contribution in [0.15, 0.2) is 48.5 Å². The van der Waals surface area contributed by atoms with E-state index in [1.54, 1.807) is 0 Å². The van der Waals surface area contributed by atoms with Crippen LogP contribution in [0.4, 0.5) is 0 Å². The SMILES string of the molecule is CCc1ccccc1OC(C)C(=O)NC1CCCc2ccccc21. The summed E-state index contributed by atoms with van der Waals surface area (Å²) in [6.07, 6.45) is 3.57. The lowest BCUT2D eigenvalue weighted by Crippen LogP contribution is -2.39. The number of ether oxygens (including phenoxy) is 1. The third kappa shape index (κ3) is 3.61. The van der Waals surface area contributed by atoms with E-state index in [0.717, 1.165) is 37.0 Å². The topological polar surface area (TPSA) is 38.3 Å². The third-order valence-electron chi connectivity index (χ3n) is 4.71. The maximum absolute atomic E-state index is 12.6. The second-order valence-electron chi connectivity index (χ2n) is 6.37. The quantitative estimate of drug-likeness (QED) is 0.895. The molecule has 0 fully saturated rings. The number of amides is 1. The Bertz CT molecular complexity index is 710. The van der Waals surface area contributed by atoms with Crippen molar-refractivity contribution in [3.05, 3.63) is 65.2 Å². The molecule has 2 atom stereocenters. The predicted octanol–water partition coefficient (Wildman–Crippen LogP) is 4.21. The van der Waals surface area contributed by atoms with Crippen molar-refractivity contribution < 1.29 is 9.53 Å². The summed E-state index contributed by atoms with van der Waals surface area (Å²) in [6.45, 7) is 3.91. The van der Waals surface area contributed by atoms with Crippen molar-refractivity contribution in [2.24, 2.45) is 0 Å².